The van der Waals surface area contributed by atoms with E-state index in [-0.39, 0.29) is 10.9 Å². The molecule has 0 spiro atoms. The van der Waals surface area contributed by atoms with Crippen LogP contribution in [0.4, 0.5) is 13.2 Å². The van der Waals surface area contributed by atoms with E-state index < -0.39 is 12.1 Å². The van der Waals surface area contributed by atoms with Crippen LogP contribution in [0.2, 0.25) is 5.02 Å². The van der Waals surface area contributed by atoms with Gasteiger partial charge in [0.1, 0.15) is 5.75 Å². The molecule has 0 bridgehead atoms. The number of alkyl halides is 3. The van der Waals surface area contributed by atoms with Gasteiger partial charge in [0.2, 0.25) is 5.82 Å². The molecule has 9 heteroatoms. The number of benzene rings is 2. The van der Waals surface area contributed by atoms with Crippen LogP contribution in [0.5, 0.6) is 5.75 Å². The normalized spacial score (nSPS) is 11.9. The highest BCUT2D eigenvalue weighted by molar-refractivity contribution is 6.32. The van der Waals surface area contributed by atoms with Crippen LogP contribution in [0, 0.1) is 0 Å². The SMILES string of the molecule is CCCCn1ccc2c(-c3noc(-c4ccc(OC(F)(F)F)c(Cl)c4)n3)cccc21. The van der Waals surface area contributed by atoms with Crippen LogP contribution in [-0.2, 0) is 6.54 Å². The van der Waals surface area contributed by atoms with E-state index in [1.54, 1.807) is 0 Å². The number of halogens is 4. The van der Waals surface area contributed by atoms with Crippen molar-refractivity contribution in [1.82, 2.24) is 14.7 Å². The molecule has 0 aliphatic rings. The molecule has 0 saturated heterocycles. The quantitative estimate of drug-likeness (QED) is 0.337. The van der Waals surface area contributed by atoms with E-state index in [0.717, 1.165) is 41.9 Å². The summed E-state index contributed by atoms with van der Waals surface area (Å²) in [5.74, 6) is 0.0364. The number of aryl methyl sites for hydroxylation is 1. The van der Waals surface area contributed by atoms with E-state index in [9.17, 15) is 13.2 Å². The molecule has 2 heterocycles. The zero-order chi connectivity index (χ0) is 21.3. The smallest absolute Gasteiger partial charge is 0.404 e. The average molecular weight is 436 g/mol. The topological polar surface area (TPSA) is 53.1 Å². The summed E-state index contributed by atoms with van der Waals surface area (Å²) in [4.78, 5) is 4.41. The van der Waals surface area contributed by atoms with Gasteiger partial charge < -0.3 is 13.8 Å². The van der Waals surface area contributed by atoms with Crippen molar-refractivity contribution >= 4 is 22.5 Å². The number of unbranched alkanes of at least 4 members (excludes halogenated alkanes) is 1. The zero-order valence-electron chi connectivity index (χ0n) is 15.9. The first-order chi connectivity index (χ1) is 14.4. The van der Waals surface area contributed by atoms with Gasteiger partial charge in [-0.3, -0.25) is 0 Å². The number of fused-ring (bicyclic) bond motifs is 1. The second kappa shape index (κ2) is 8.02. The van der Waals surface area contributed by atoms with Gasteiger partial charge in [0.15, 0.2) is 0 Å². The van der Waals surface area contributed by atoms with Crippen LogP contribution < -0.4 is 4.74 Å². The summed E-state index contributed by atoms with van der Waals surface area (Å²) in [6, 6.07) is 11.7. The maximum Gasteiger partial charge on any atom is 0.573 e. The Bertz CT molecular complexity index is 1180. The molecule has 4 aromatic rings. The summed E-state index contributed by atoms with van der Waals surface area (Å²) < 4.78 is 48.6. The van der Waals surface area contributed by atoms with E-state index in [2.05, 4.69) is 26.4 Å². The van der Waals surface area contributed by atoms with Crippen molar-refractivity contribution in [3.63, 3.8) is 0 Å². The van der Waals surface area contributed by atoms with Gasteiger partial charge in [-0.25, -0.2) is 0 Å². The molecule has 2 aromatic heterocycles. The number of hydrogen-bond donors (Lipinski definition) is 0. The summed E-state index contributed by atoms with van der Waals surface area (Å²) in [6.45, 7) is 3.07. The van der Waals surface area contributed by atoms with Crippen LogP contribution >= 0.6 is 11.6 Å². The van der Waals surface area contributed by atoms with Crippen molar-refractivity contribution in [1.29, 1.82) is 0 Å². The molecular formula is C21H17ClF3N3O2. The lowest BCUT2D eigenvalue weighted by Gasteiger charge is -2.10. The molecule has 0 saturated carbocycles. The molecule has 0 aliphatic carbocycles. The fraction of sp³-hybridized carbons (Fsp3) is 0.238. The average Bonchev–Trinajstić information content (AvgIpc) is 3.34. The lowest BCUT2D eigenvalue weighted by atomic mass is 10.1. The molecule has 0 aliphatic heterocycles. The van der Waals surface area contributed by atoms with Crippen molar-refractivity contribution in [2.75, 3.05) is 0 Å². The fourth-order valence-electron chi connectivity index (χ4n) is 3.23. The Hall–Kier alpha value is -3.00. The van der Waals surface area contributed by atoms with Crippen LogP contribution in [0.1, 0.15) is 19.8 Å². The van der Waals surface area contributed by atoms with Gasteiger partial charge in [-0.2, -0.15) is 4.98 Å². The first-order valence-corrected chi connectivity index (χ1v) is 9.71. The first kappa shape index (κ1) is 20.3. The van der Waals surface area contributed by atoms with Gasteiger partial charge in [0.25, 0.3) is 5.89 Å². The van der Waals surface area contributed by atoms with Crippen LogP contribution in [0.15, 0.2) is 53.2 Å². The van der Waals surface area contributed by atoms with Crippen molar-refractivity contribution < 1.29 is 22.4 Å². The molecule has 0 amide bonds. The largest absolute Gasteiger partial charge is 0.573 e. The highest BCUT2D eigenvalue weighted by atomic mass is 35.5. The standard InChI is InChI=1S/C21H17ClF3N3O2/c1-2-3-10-28-11-9-14-15(5-4-6-17(14)28)19-26-20(30-27-19)13-7-8-18(16(22)12-13)29-21(23,24)25/h4-9,11-12H,2-3,10H2,1H3. The predicted octanol–water partition coefficient (Wildman–Crippen LogP) is 6.71. The van der Waals surface area contributed by atoms with Gasteiger partial charge in [-0.05, 0) is 36.8 Å². The van der Waals surface area contributed by atoms with E-state index in [4.69, 9.17) is 16.1 Å². The van der Waals surface area contributed by atoms with Crippen molar-refractivity contribution in [2.24, 2.45) is 0 Å². The summed E-state index contributed by atoms with van der Waals surface area (Å²) in [5.41, 5.74) is 2.27. The number of aromatic nitrogens is 3. The summed E-state index contributed by atoms with van der Waals surface area (Å²) in [5, 5.41) is 4.83. The second-order valence-electron chi connectivity index (χ2n) is 6.72. The number of rotatable bonds is 6. The predicted molar refractivity (Wildman–Crippen MR) is 107 cm³/mol. The molecule has 0 radical (unpaired) electrons. The summed E-state index contributed by atoms with van der Waals surface area (Å²) in [6.07, 6.45) is -0.614. The van der Waals surface area contributed by atoms with Crippen molar-refractivity contribution in [3.05, 3.63) is 53.7 Å². The molecule has 156 valence electrons. The van der Waals surface area contributed by atoms with Gasteiger partial charge >= 0.3 is 6.36 Å². The van der Waals surface area contributed by atoms with Gasteiger partial charge in [-0.1, -0.05) is 42.2 Å². The van der Waals surface area contributed by atoms with E-state index in [1.807, 2.05) is 30.5 Å². The van der Waals surface area contributed by atoms with Gasteiger partial charge in [0, 0.05) is 34.8 Å². The Morgan fingerprint density at radius 3 is 2.73 bits per heavy atom. The Morgan fingerprint density at radius 1 is 1.17 bits per heavy atom. The third-order valence-corrected chi connectivity index (χ3v) is 4.93. The molecule has 30 heavy (non-hydrogen) atoms. The minimum absolute atomic E-state index is 0.146. The molecule has 5 nitrogen and oxygen atoms in total. The minimum atomic E-state index is -4.82. The highest BCUT2D eigenvalue weighted by Gasteiger charge is 2.32. The molecular weight excluding hydrogens is 419 g/mol. The number of nitrogens with zero attached hydrogens (tertiary/aromatic N) is 3. The van der Waals surface area contributed by atoms with E-state index in [1.165, 1.54) is 12.1 Å². The molecule has 0 fully saturated rings. The van der Waals surface area contributed by atoms with E-state index >= 15 is 0 Å². The van der Waals surface area contributed by atoms with Crippen LogP contribution in [0.3, 0.4) is 0 Å². The maximum atomic E-state index is 12.4. The molecule has 0 atom stereocenters. The van der Waals surface area contributed by atoms with Crippen LogP contribution in [0.25, 0.3) is 33.7 Å². The van der Waals surface area contributed by atoms with Crippen molar-refractivity contribution in [2.45, 2.75) is 32.7 Å². The molecule has 2 aromatic carbocycles. The van der Waals surface area contributed by atoms with Gasteiger partial charge in [-0.15, -0.1) is 13.2 Å². The zero-order valence-corrected chi connectivity index (χ0v) is 16.7. The lowest BCUT2D eigenvalue weighted by molar-refractivity contribution is -0.274. The second-order valence-corrected chi connectivity index (χ2v) is 7.12. The summed E-state index contributed by atoms with van der Waals surface area (Å²) >= 11 is 5.91. The fourth-order valence-corrected chi connectivity index (χ4v) is 3.45. The Balaban J connectivity index is 1.65. The molecule has 4 rings (SSSR count). The van der Waals surface area contributed by atoms with Gasteiger partial charge in [0.05, 0.1) is 5.02 Å². The maximum absolute atomic E-state index is 12.4. The molecule has 0 unspecified atom stereocenters. The number of hydrogen-bond acceptors (Lipinski definition) is 4. The highest BCUT2D eigenvalue weighted by Crippen LogP contribution is 2.34. The third kappa shape index (κ3) is 4.14. The Labute approximate surface area is 175 Å². The first-order valence-electron chi connectivity index (χ1n) is 9.33. The summed E-state index contributed by atoms with van der Waals surface area (Å²) in [7, 11) is 0. The van der Waals surface area contributed by atoms with Crippen LogP contribution in [-0.4, -0.2) is 21.1 Å². The van der Waals surface area contributed by atoms with E-state index in [0.29, 0.717) is 11.4 Å². The third-order valence-electron chi connectivity index (χ3n) is 4.64. The Morgan fingerprint density at radius 2 is 2.00 bits per heavy atom. The minimum Gasteiger partial charge on any atom is -0.404 e. The lowest BCUT2D eigenvalue weighted by Crippen LogP contribution is -2.17. The molecule has 0 N–H and O–H groups in total. The Kier molecular flexibility index (Phi) is 5.42. The monoisotopic (exact) mass is 435 g/mol. The number of ether oxygens (including phenoxy) is 1. The van der Waals surface area contributed by atoms with Crippen molar-refractivity contribution in [3.8, 4) is 28.6 Å².